The molecule has 106 valence electrons. The number of rotatable bonds is 3. The van der Waals surface area contributed by atoms with Gasteiger partial charge >= 0.3 is 0 Å². The molecule has 1 unspecified atom stereocenters. The molecule has 0 bridgehead atoms. The van der Waals surface area contributed by atoms with E-state index in [0.717, 1.165) is 24.2 Å². The van der Waals surface area contributed by atoms with Gasteiger partial charge in [0.25, 0.3) is 0 Å². The van der Waals surface area contributed by atoms with Gasteiger partial charge in [0.15, 0.2) is 0 Å². The van der Waals surface area contributed by atoms with Crippen LogP contribution in [0.5, 0.6) is 0 Å². The summed E-state index contributed by atoms with van der Waals surface area (Å²) < 4.78 is 1.86. The normalized spacial score (nSPS) is 17.6. The predicted octanol–water partition coefficient (Wildman–Crippen LogP) is 3.04. The Bertz CT molecular complexity index is 613. The number of aromatic nitrogens is 2. The summed E-state index contributed by atoms with van der Waals surface area (Å²) in [6.45, 7) is 4.67. The van der Waals surface area contributed by atoms with E-state index in [1.54, 1.807) is 6.20 Å². The third-order valence-corrected chi connectivity index (χ3v) is 4.43. The predicted molar refractivity (Wildman–Crippen MR) is 79.7 cm³/mol. The van der Waals surface area contributed by atoms with E-state index in [0.29, 0.717) is 0 Å². The summed E-state index contributed by atoms with van der Waals surface area (Å²) in [6.07, 6.45) is 6.60. The van der Waals surface area contributed by atoms with Gasteiger partial charge in [0.1, 0.15) is 5.60 Å². The van der Waals surface area contributed by atoms with Crippen molar-refractivity contribution in [3.05, 3.63) is 52.8 Å². The minimum atomic E-state index is -0.987. The molecule has 1 aliphatic carbocycles. The molecule has 2 aromatic rings. The van der Waals surface area contributed by atoms with Crippen LogP contribution >= 0.6 is 0 Å². The van der Waals surface area contributed by atoms with Crippen LogP contribution in [0.4, 0.5) is 0 Å². The second-order valence-electron chi connectivity index (χ2n) is 5.80. The van der Waals surface area contributed by atoms with Crippen molar-refractivity contribution in [2.45, 2.75) is 51.7 Å². The fourth-order valence-corrected chi connectivity index (χ4v) is 3.18. The molecule has 0 amide bonds. The summed E-state index contributed by atoms with van der Waals surface area (Å²) in [7, 11) is 0. The molecule has 1 heterocycles. The molecule has 3 nitrogen and oxygen atoms in total. The second kappa shape index (κ2) is 5.06. The Balaban J connectivity index is 2.03. The summed E-state index contributed by atoms with van der Waals surface area (Å²) in [5.41, 5.74) is 3.68. The molecule has 0 saturated carbocycles. The summed E-state index contributed by atoms with van der Waals surface area (Å²) in [4.78, 5) is 0. The fraction of sp³-hybridized carbons (Fsp3) is 0.471. The monoisotopic (exact) mass is 270 g/mol. The lowest BCUT2D eigenvalue weighted by Crippen LogP contribution is -2.27. The lowest BCUT2D eigenvalue weighted by atomic mass is 9.85. The lowest BCUT2D eigenvalue weighted by Gasteiger charge is -2.27. The van der Waals surface area contributed by atoms with E-state index in [1.807, 2.05) is 24.6 Å². The van der Waals surface area contributed by atoms with Crippen LogP contribution in [-0.2, 0) is 25.0 Å². The van der Waals surface area contributed by atoms with Crippen molar-refractivity contribution in [2.24, 2.45) is 0 Å². The molecule has 1 aromatic heterocycles. The maximum Gasteiger partial charge on any atom is 0.128 e. The van der Waals surface area contributed by atoms with Crippen LogP contribution in [0, 0.1) is 0 Å². The number of aryl methyl sites for hydroxylation is 3. The van der Waals surface area contributed by atoms with Gasteiger partial charge in [-0.1, -0.05) is 18.2 Å². The van der Waals surface area contributed by atoms with Gasteiger partial charge in [-0.05, 0) is 62.3 Å². The van der Waals surface area contributed by atoms with Crippen molar-refractivity contribution >= 4 is 0 Å². The van der Waals surface area contributed by atoms with Gasteiger partial charge in [-0.3, -0.25) is 4.68 Å². The van der Waals surface area contributed by atoms with Crippen molar-refractivity contribution < 1.29 is 5.11 Å². The maximum atomic E-state index is 11.0. The lowest BCUT2D eigenvalue weighted by molar-refractivity contribution is 0.0916. The number of hydrogen-bond donors (Lipinski definition) is 1. The van der Waals surface area contributed by atoms with E-state index in [4.69, 9.17) is 0 Å². The minimum Gasteiger partial charge on any atom is -0.379 e. The van der Waals surface area contributed by atoms with Crippen LogP contribution in [0.25, 0.3) is 0 Å². The number of hydrogen-bond acceptors (Lipinski definition) is 2. The largest absolute Gasteiger partial charge is 0.379 e. The molecule has 1 N–H and O–H groups in total. The molecule has 1 aromatic carbocycles. The van der Waals surface area contributed by atoms with Crippen molar-refractivity contribution in [2.75, 3.05) is 0 Å². The summed E-state index contributed by atoms with van der Waals surface area (Å²) in [6, 6.07) is 8.34. The van der Waals surface area contributed by atoms with Gasteiger partial charge in [-0.2, -0.15) is 5.10 Å². The molecule has 0 aliphatic heterocycles. The molecular weight excluding hydrogens is 248 g/mol. The topological polar surface area (TPSA) is 38.0 Å². The highest BCUT2D eigenvalue weighted by molar-refractivity contribution is 5.39. The zero-order chi connectivity index (χ0) is 14.2. The number of benzene rings is 1. The molecule has 0 radical (unpaired) electrons. The highest BCUT2D eigenvalue weighted by Crippen LogP contribution is 2.32. The van der Waals surface area contributed by atoms with E-state index >= 15 is 0 Å². The summed E-state index contributed by atoms with van der Waals surface area (Å²) >= 11 is 0. The molecule has 0 spiro atoms. The second-order valence-corrected chi connectivity index (χ2v) is 5.80. The van der Waals surface area contributed by atoms with Crippen molar-refractivity contribution in [1.82, 2.24) is 9.78 Å². The smallest absolute Gasteiger partial charge is 0.128 e. The Morgan fingerprint density at radius 1 is 1.20 bits per heavy atom. The van der Waals surface area contributed by atoms with E-state index in [9.17, 15) is 5.11 Å². The van der Waals surface area contributed by atoms with E-state index in [2.05, 4.69) is 23.3 Å². The molecule has 0 saturated heterocycles. The first-order valence-corrected chi connectivity index (χ1v) is 7.50. The molecule has 1 aliphatic rings. The van der Waals surface area contributed by atoms with Crippen LogP contribution in [0.1, 0.15) is 49.1 Å². The van der Waals surface area contributed by atoms with Crippen LogP contribution in [0.15, 0.2) is 30.5 Å². The number of aliphatic hydroxyl groups is 1. The molecule has 3 heteroatoms. The van der Waals surface area contributed by atoms with Gasteiger partial charge in [0.2, 0.25) is 0 Å². The Hall–Kier alpha value is -1.61. The van der Waals surface area contributed by atoms with Crippen LogP contribution in [-0.4, -0.2) is 14.9 Å². The third kappa shape index (κ3) is 2.16. The third-order valence-electron chi connectivity index (χ3n) is 4.43. The summed E-state index contributed by atoms with van der Waals surface area (Å²) in [5, 5.41) is 15.3. The number of nitrogens with zero attached hydrogens (tertiary/aromatic N) is 2. The summed E-state index contributed by atoms with van der Waals surface area (Å²) in [5.74, 6) is 0. The van der Waals surface area contributed by atoms with Crippen LogP contribution < -0.4 is 0 Å². The first-order valence-electron chi connectivity index (χ1n) is 7.50. The van der Waals surface area contributed by atoms with Gasteiger partial charge in [0.05, 0.1) is 5.69 Å². The van der Waals surface area contributed by atoms with Crippen molar-refractivity contribution in [3.63, 3.8) is 0 Å². The van der Waals surface area contributed by atoms with Gasteiger partial charge in [-0.15, -0.1) is 0 Å². The van der Waals surface area contributed by atoms with Crippen molar-refractivity contribution in [3.8, 4) is 0 Å². The number of fused-ring (bicyclic) bond motifs is 1. The van der Waals surface area contributed by atoms with Crippen LogP contribution in [0.3, 0.4) is 0 Å². The Kier molecular flexibility index (Phi) is 3.38. The highest BCUT2D eigenvalue weighted by atomic mass is 16.3. The Morgan fingerprint density at radius 3 is 2.70 bits per heavy atom. The van der Waals surface area contributed by atoms with E-state index in [1.165, 1.54) is 30.4 Å². The molecule has 1 atom stereocenters. The van der Waals surface area contributed by atoms with Gasteiger partial charge in [-0.25, -0.2) is 0 Å². The molecular formula is C17H22N2O. The first kappa shape index (κ1) is 13.4. The SMILES string of the molecule is CCn1nccc1C(C)(O)c1ccc2c(c1)CCCC2. The zero-order valence-corrected chi connectivity index (χ0v) is 12.3. The Labute approximate surface area is 120 Å². The zero-order valence-electron chi connectivity index (χ0n) is 12.3. The fourth-order valence-electron chi connectivity index (χ4n) is 3.18. The molecule has 20 heavy (non-hydrogen) atoms. The molecule has 0 fully saturated rings. The van der Waals surface area contributed by atoms with Gasteiger partial charge < -0.3 is 5.11 Å². The van der Waals surface area contributed by atoms with E-state index < -0.39 is 5.60 Å². The standard InChI is InChI=1S/C17H22N2O/c1-3-19-16(10-11-18-19)17(2,20)15-9-8-13-6-4-5-7-14(13)12-15/h8-12,20H,3-7H2,1-2H3. The van der Waals surface area contributed by atoms with Crippen LogP contribution in [0.2, 0.25) is 0 Å². The van der Waals surface area contributed by atoms with E-state index in [-0.39, 0.29) is 0 Å². The average Bonchev–Trinajstić information content (AvgIpc) is 2.96. The van der Waals surface area contributed by atoms with Crippen molar-refractivity contribution in [1.29, 1.82) is 0 Å². The average molecular weight is 270 g/mol. The maximum absolute atomic E-state index is 11.0. The first-order chi connectivity index (χ1) is 9.63. The molecule has 3 rings (SSSR count). The van der Waals surface area contributed by atoms with Gasteiger partial charge in [0, 0.05) is 12.7 Å². The highest BCUT2D eigenvalue weighted by Gasteiger charge is 2.29. The minimum absolute atomic E-state index is 0.767. The quantitative estimate of drug-likeness (QED) is 0.931. The Morgan fingerprint density at radius 2 is 1.95 bits per heavy atom.